The highest BCUT2D eigenvalue weighted by Gasteiger charge is 2.45. The van der Waals surface area contributed by atoms with Gasteiger partial charge in [0, 0.05) is 32.2 Å². The Morgan fingerprint density at radius 3 is 2.52 bits per heavy atom. The fourth-order valence-electron chi connectivity index (χ4n) is 5.30. The van der Waals surface area contributed by atoms with Crippen LogP contribution in [0.1, 0.15) is 42.7 Å². The summed E-state index contributed by atoms with van der Waals surface area (Å²) in [6, 6.07) is 8.50. The molecule has 2 heterocycles. The second-order valence-electron chi connectivity index (χ2n) is 8.76. The molecule has 1 aromatic rings. The maximum Gasteiger partial charge on any atom is 0.264 e. The quantitative estimate of drug-likeness (QED) is 0.660. The molecule has 0 aromatic heterocycles. The van der Waals surface area contributed by atoms with Gasteiger partial charge in [-0.25, -0.2) is 0 Å². The van der Waals surface area contributed by atoms with E-state index in [0.29, 0.717) is 43.3 Å². The van der Waals surface area contributed by atoms with Crippen molar-refractivity contribution < 1.29 is 22.1 Å². The number of carbonyl (C=O) groups excluding carboxylic acids is 1. The highest BCUT2D eigenvalue weighted by Crippen LogP contribution is 2.47. The van der Waals surface area contributed by atoms with Crippen LogP contribution in [-0.2, 0) is 30.3 Å². The van der Waals surface area contributed by atoms with Crippen molar-refractivity contribution in [1.29, 1.82) is 0 Å². The highest BCUT2D eigenvalue weighted by atomic mass is 32.2. The van der Waals surface area contributed by atoms with E-state index in [2.05, 4.69) is 29.2 Å². The summed E-state index contributed by atoms with van der Waals surface area (Å²) in [6.45, 7) is 3.39. The molecule has 1 aliphatic carbocycles. The average molecular weight is 422 g/mol. The monoisotopic (exact) mass is 421 g/mol. The molecular formula is C22H31NO5S. The van der Waals surface area contributed by atoms with Gasteiger partial charge in [0.2, 0.25) is 5.91 Å². The van der Waals surface area contributed by atoms with Crippen molar-refractivity contribution in [2.24, 2.45) is 17.8 Å². The Morgan fingerprint density at radius 2 is 1.83 bits per heavy atom. The molecule has 2 saturated heterocycles. The lowest BCUT2D eigenvalue weighted by atomic mass is 9.86. The predicted molar refractivity (Wildman–Crippen MR) is 110 cm³/mol. The van der Waals surface area contributed by atoms with Crippen LogP contribution in [-0.4, -0.2) is 58.4 Å². The predicted octanol–water partition coefficient (Wildman–Crippen LogP) is 2.58. The third-order valence-corrected chi connectivity index (χ3v) is 7.43. The van der Waals surface area contributed by atoms with E-state index < -0.39 is 10.1 Å². The number of hydrogen-bond acceptors (Lipinski definition) is 5. The molecule has 29 heavy (non-hydrogen) atoms. The zero-order chi connectivity index (χ0) is 20.4. The number of hydrogen-bond donors (Lipinski definition) is 0. The second-order valence-corrected chi connectivity index (χ2v) is 10.4. The van der Waals surface area contributed by atoms with E-state index in [9.17, 15) is 13.2 Å². The Kier molecular flexibility index (Phi) is 6.27. The van der Waals surface area contributed by atoms with Crippen LogP contribution < -0.4 is 0 Å². The van der Waals surface area contributed by atoms with Crippen molar-refractivity contribution >= 4 is 16.0 Å². The number of rotatable bonds is 6. The summed E-state index contributed by atoms with van der Waals surface area (Å²) in [4.78, 5) is 15.0. The molecule has 1 saturated carbocycles. The molecule has 3 fully saturated rings. The molecule has 2 aliphatic heterocycles. The minimum atomic E-state index is -3.39. The first kappa shape index (κ1) is 20.8. The maximum absolute atomic E-state index is 12.9. The third-order valence-electron chi connectivity index (χ3n) is 6.84. The van der Waals surface area contributed by atoms with Gasteiger partial charge >= 0.3 is 0 Å². The van der Waals surface area contributed by atoms with E-state index >= 15 is 0 Å². The SMILES string of the molecule is CS(=O)(=O)OCCc1ccc(C2CCC3CN(C(=O)C4CCOCC4)CC32)cc1. The molecule has 1 aromatic carbocycles. The molecule has 0 N–H and O–H groups in total. The minimum absolute atomic E-state index is 0.148. The number of ether oxygens (including phenoxy) is 1. The van der Waals surface area contributed by atoms with E-state index in [-0.39, 0.29) is 12.5 Å². The van der Waals surface area contributed by atoms with E-state index in [1.165, 1.54) is 18.4 Å². The summed E-state index contributed by atoms with van der Waals surface area (Å²) in [7, 11) is -3.39. The number of fused-ring (bicyclic) bond motifs is 1. The van der Waals surface area contributed by atoms with Gasteiger partial charge in [0.05, 0.1) is 12.9 Å². The van der Waals surface area contributed by atoms with Crippen molar-refractivity contribution in [3.8, 4) is 0 Å². The van der Waals surface area contributed by atoms with Crippen molar-refractivity contribution in [1.82, 2.24) is 4.90 Å². The van der Waals surface area contributed by atoms with Crippen LogP contribution in [0, 0.1) is 17.8 Å². The summed E-state index contributed by atoms with van der Waals surface area (Å²) < 4.78 is 32.4. The van der Waals surface area contributed by atoms with E-state index in [1.54, 1.807) is 0 Å². The van der Waals surface area contributed by atoms with Crippen molar-refractivity contribution in [3.63, 3.8) is 0 Å². The van der Waals surface area contributed by atoms with Crippen LogP contribution in [0.15, 0.2) is 24.3 Å². The number of nitrogens with zero attached hydrogens (tertiary/aromatic N) is 1. The zero-order valence-corrected chi connectivity index (χ0v) is 17.9. The first-order valence-electron chi connectivity index (χ1n) is 10.7. The lowest BCUT2D eigenvalue weighted by Gasteiger charge is -2.27. The standard InChI is InChI=1S/C22H31NO5S/c1-29(25,26)28-13-8-16-2-4-17(5-3-16)20-7-6-19-14-23(15-21(19)20)22(24)18-9-11-27-12-10-18/h2-5,18-21H,6-15H2,1H3. The average Bonchev–Trinajstić information content (AvgIpc) is 3.29. The van der Waals surface area contributed by atoms with Gasteiger partial charge < -0.3 is 9.64 Å². The Balaban J connectivity index is 1.34. The van der Waals surface area contributed by atoms with Crippen LogP contribution >= 0.6 is 0 Å². The number of likely N-dealkylation sites (tertiary alicyclic amines) is 1. The van der Waals surface area contributed by atoms with Crippen molar-refractivity contribution in [2.45, 2.75) is 38.0 Å². The number of carbonyl (C=O) groups is 1. The van der Waals surface area contributed by atoms with Gasteiger partial charge in [0.25, 0.3) is 10.1 Å². The molecule has 0 spiro atoms. The van der Waals surface area contributed by atoms with Crippen LogP contribution in [0.5, 0.6) is 0 Å². The van der Waals surface area contributed by atoms with Gasteiger partial charge in [0.1, 0.15) is 0 Å². The fraction of sp³-hybridized carbons (Fsp3) is 0.682. The molecule has 160 valence electrons. The zero-order valence-electron chi connectivity index (χ0n) is 17.1. The lowest BCUT2D eigenvalue weighted by molar-refractivity contribution is -0.137. The van der Waals surface area contributed by atoms with E-state index in [1.807, 2.05) is 0 Å². The van der Waals surface area contributed by atoms with Gasteiger partial charge in [-0.2, -0.15) is 8.42 Å². The Labute approximate surface area is 173 Å². The topological polar surface area (TPSA) is 72.9 Å². The van der Waals surface area contributed by atoms with Crippen LogP contribution in [0.25, 0.3) is 0 Å². The van der Waals surface area contributed by atoms with E-state index in [4.69, 9.17) is 8.92 Å². The summed E-state index contributed by atoms with van der Waals surface area (Å²) in [6.07, 6.45) is 5.75. The normalized spacial score (nSPS) is 27.9. The van der Waals surface area contributed by atoms with Crippen LogP contribution in [0.2, 0.25) is 0 Å². The van der Waals surface area contributed by atoms with E-state index in [0.717, 1.165) is 37.8 Å². The minimum Gasteiger partial charge on any atom is -0.381 e. The maximum atomic E-state index is 12.9. The van der Waals surface area contributed by atoms with Crippen LogP contribution in [0.4, 0.5) is 0 Å². The van der Waals surface area contributed by atoms with Gasteiger partial charge in [-0.15, -0.1) is 0 Å². The Hall–Kier alpha value is -1.44. The molecule has 7 heteroatoms. The first-order valence-corrected chi connectivity index (χ1v) is 12.5. The number of amides is 1. The van der Waals surface area contributed by atoms with Crippen molar-refractivity contribution in [3.05, 3.63) is 35.4 Å². The summed E-state index contributed by atoms with van der Waals surface area (Å²) in [5.74, 6) is 2.16. The third kappa shape index (κ3) is 5.01. The van der Waals surface area contributed by atoms with Gasteiger partial charge in [-0.3, -0.25) is 8.98 Å². The first-order chi connectivity index (χ1) is 13.9. The second kappa shape index (κ2) is 8.74. The summed E-state index contributed by atoms with van der Waals surface area (Å²) in [5, 5.41) is 0. The van der Waals surface area contributed by atoms with Gasteiger partial charge in [-0.1, -0.05) is 24.3 Å². The molecule has 3 unspecified atom stereocenters. The van der Waals surface area contributed by atoms with Gasteiger partial charge in [0.15, 0.2) is 0 Å². The molecule has 6 nitrogen and oxygen atoms in total. The molecule has 4 rings (SSSR count). The molecule has 1 amide bonds. The largest absolute Gasteiger partial charge is 0.381 e. The highest BCUT2D eigenvalue weighted by molar-refractivity contribution is 7.85. The molecule has 3 atom stereocenters. The molecular weight excluding hydrogens is 390 g/mol. The van der Waals surface area contributed by atoms with Gasteiger partial charge in [-0.05, 0) is 61.0 Å². The van der Waals surface area contributed by atoms with Crippen LogP contribution in [0.3, 0.4) is 0 Å². The summed E-state index contributed by atoms with van der Waals surface area (Å²) in [5.41, 5.74) is 2.42. The fourth-order valence-corrected chi connectivity index (χ4v) is 5.69. The Morgan fingerprint density at radius 1 is 1.10 bits per heavy atom. The smallest absolute Gasteiger partial charge is 0.264 e. The molecule has 3 aliphatic rings. The Bertz CT molecular complexity index is 816. The lowest BCUT2D eigenvalue weighted by Crippen LogP contribution is -2.37. The number of benzene rings is 1. The summed E-state index contributed by atoms with van der Waals surface area (Å²) >= 11 is 0. The van der Waals surface area contributed by atoms with Crippen molar-refractivity contribution in [2.75, 3.05) is 39.2 Å². The molecule has 0 bridgehead atoms. The molecule has 0 radical (unpaired) electrons.